The first-order chi connectivity index (χ1) is 19.3. The zero-order valence-electron chi connectivity index (χ0n) is 23.5. The third-order valence-corrected chi connectivity index (χ3v) is 6.51. The molecule has 0 spiro atoms. The van der Waals surface area contributed by atoms with Crippen molar-refractivity contribution in [3.05, 3.63) is 90.1 Å². The number of methoxy groups -OCH3 is 2. The highest BCUT2D eigenvalue weighted by Gasteiger charge is 2.22. The second kappa shape index (κ2) is 12.9. The molecular formula is C31H35N5O4. The van der Waals surface area contributed by atoms with E-state index in [1.54, 1.807) is 25.2 Å². The monoisotopic (exact) mass is 541 g/mol. The first-order valence-electron chi connectivity index (χ1n) is 13.0. The average molecular weight is 542 g/mol. The molecule has 0 unspecified atom stereocenters. The van der Waals surface area contributed by atoms with Crippen molar-refractivity contribution in [3.8, 4) is 28.4 Å². The molecule has 1 heterocycles. The van der Waals surface area contributed by atoms with E-state index in [-0.39, 0.29) is 18.4 Å². The maximum atomic E-state index is 13.4. The van der Waals surface area contributed by atoms with Gasteiger partial charge in [0, 0.05) is 36.1 Å². The average Bonchev–Trinajstić information content (AvgIpc) is 3.38. The number of hydrogen-bond acceptors (Lipinski definition) is 6. The molecule has 2 amide bonds. The van der Waals surface area contributed by atoms with Crippen molar-refractivity contribution in [3.63, 3.8) is 0 Å². The van der Waals surface area contributed by atoms with E-state index in [9.17, 15) is 9.59 Å². The van der Waals surface area contributed by atoms with Gasteiger partial charge in [0.25, 0.3) is 5.91 Å². The highest BCUT2D eigenvalue weighted by molar-refractivity contribution is 6.00. The second-order valence-electron chi connectivity index (χ2n) is 9.64. The smallest absolute Gasteiger partial charge is 0.254 e. The van der Waals surface area contributed by atoms with Gasteiger partial charge in [0.05, 0.1) is 19.9 Å². The molecule has 208 valence electrons. The highest BCUT2D eigenvalue weighted by Crippen LogP contribution is 2.27. The van der Waals surface area contributed by atoms with Crippen LogP contribution in [0.15, 0.2) is 79.0 Å². The predicted molar refractivity (Wildman–Crippen MR) is 156 cm³/mol. The predicted octanol–water partition coefficient (Wildman–Crippen LogP) is 4.51. The number of imidazole rings is 1. The Morgan fingerprint density at radius 2 is 1.50 bits per heavy atom. The maximum absolute atomic E-state index is 13.4. The van der Waals surface area contributed by atoms with Crippen molar-refractivity contribution in [1.29, 1.82) is 0 Å². The molecule has 0 aliphatic carbocycles. The van der Waals surface area contributed by atoms with Gasteiger partial charge in [0.2, 0.25) is 11.9 Å². The number of nitrogens with one attached hydrogen (secondary N) is 1. The zero-order chi connectivity index (χ0) is 28.6. The number of amides is 2. The van der Waals surface area contributed by atoms with Gasteiger partial charge in [0.15, 0.2) is 0 Å². The minimum absolute atomic E-state index is 0.117. The van der Waals surface area contributed by atoms with Crippen LogP contribution in [-0.2, 0) is 4.79 Å². The number of hydrogen-bond donors (Lipinski definition) is 1. The van der Waals surface area contributed by atoms with E-state index in [4.69, 9.17) is 14.5 Å². The zero-order valence-corrected chi connectivity index (χ0v) is 23.5. The maximum Gasteiger partial charge on any atom is 0.254 e. The summed E-state index contributed by atoms with van der Waals surface area (Å²) in [5.41, 5.74) is 3.78. The molecule has 0 atom stereocenters. The highest BCUT2D eigenvalue weighted by atomic mass is 16.5. The van der Waals surface area contributed by atoms with Crippen LogP contribution in [0.3, 0.4) is 0 Å². The molecule has 3 aromatic carbocycles. The van der Waals surface area contributed by atoms with Gasteiger partial charge in [0.1, 0.15) is 18.0 Å². The van der Waals surface area contributed by atoms with Gasteiger partial charge in [-0.3, -0.25) is 19.5 Å². The number of nitrogens with zero attached hydrogens (tertiary/aromatic N) is 4. The molecule has 1 aromatic heterocycles. The fourth-order valence-electron chi connectivity index (χ4n) is 4.20. The van der Waals surface area contributed by atoms with Gasteiger partial charge in [-0.15, -0.1) is 0 Å². The number of carbonyl (C=O) groups excluding carboxylic acids is 2. The molecule has 40 heavy (non-hydrogen) atoms. The molecule has 0 aliphatic heterocycles. The molecule has 4 aromatic rings. The normalized spacial score (nSPS) is 10.8. The van der Waals surface area contributed by atoms with Crippen LogP contribution in [-0.4, -0.2) is 79.1 Å². The number of aromatic nitrogens is 2. The van der Waals surface area contributed by atoms with E-state index in [1.165, 1.54) is 0 Å². The molecule has 0 saturated carbocycles. The van der Waals surface area contributed by atoms with Crippen molar-refractivity contribution in [2.45, 2.75) is 6.92 Å². The Hall–Kier alpha value is -4.63. The van der Waals surface area contributed by atoms with Gasteiger partial charge in [-0.2, -0.15) is 0 Å². The molecule has 0 aliphatic rings. The number of ether oxygens (including phenoxy) is 2. The topological polar surface area (TPSA) is 88.9 Å². The van der Waals surface area contributed by atoms with E-state index < -0.39 is 0 Å². The first kappa shape index (κ1) is 28.4. The minimum atomic E-state index is -0.345. The van der Waals surface area contributed by atoms with Crippen LogP contribution in [0, 0.1) is 6.92 Å². The number of benzene rings is 3. The Bertz CT molecular complexity index is 1450. The summed E-state index contributed by atoms with van der Waals surface area (Å²) in [6.07, 6.45) is 1.86. The van der Waals surface area contributed by atoms with E-state index >= 15 is 0 Å². The number of carbonyl (C=O) groups is 2. The largest absolute Gasteiger partial charge is 0.497 e. The van der Waals surface area contributed by atoms with E-state index in [2.05, 4.69) is 5.32 Å². The lowest BCUT2D eigenvalue weighted by Gasteiger charge is -2.24. The van der Waals surface area contributed by atoms with Crippen LogP contribution in [0.2, 0.25) is 0 Å². The molecule has 9 nitrogen and oxygen atoms in total. The quantitative estimate of drug-likeness (QED) is 0.301. The van der Waals surface area contributed by atoms with Crippen LogP contribution < -0.4 is 14.8 Å². The fourth-order valence-corrected chi connectivity index (χ4v) is 4.20. The van der Waals surface area contributed by atoms with Crippen LogP contribution in [0.4, 0.5) is 5.95 Å². The van der Waals surface area contributed by atoms with Gasteiger partial charge >= 0.3 is 0 Å². The first-order valence-corrected chi connectivity index (χ1v) is 13.0. The number of anilines is 1. The van der Waals surface area contributed by atoms with Crippen molar-refractivity contribution in [2.24, 2.45) is 0 Å². The molecule has 0 saturated heterocycles. The lowest BCUT2D eigenvalue weighted by Crippen LogP contribution is -2.42. The molecule has 4 rings (SSSR count). The van der Waals surface area contributed by atoms with E-state index in [1.807, 2.05) is 103 Å². The Labute approximate surface area is 235 Å². The third-order valence-electron chi connectivity index (χ3n) is 6.51. The van der Waals surface area contributed by atoms with Gasteiger partial charge in [-0.05, 0) is 81.2 Å². The molecule has 0 bridgehead atoms. The SMILES string of the molecule is COc1ccc(-c2cn(-c3ccc(OC)cc3)c(NC(=O)CN(CCN(C)C)C(=O)c3ccccc3C)n2)cc1. The van der Waals surface area contributed by atoms with Crippen molar-refractivity contribution >= 4 is 17.8 Å². The summed E-state index contributed by atoms with van der Waals surface area (Å²) < 4.78 is 12.4. The van der Waals surface area contributed by atoms with Crippen molar-refractivity contribution in [1.82, 2.24) is 19.4 Å². The summed E-state index contributed by atoms with van der Waals surface area (Å²) in [5, 5.41) is 2.94. The molecule has 0 radical (unpaired) electrons. The molecule has 9 heteroatoms. The summed E-state index contributed by atoms with van der Waals surface area (Å²) in [4.78, 5) is 35.1. The summed E-state index contributed by atoms with van der Waals surface area (Å²) >= 11 is 0. The number of aryl methyl sites for hydroxylation is 1. The van der Waals surface area contributed by atoms with Gasteiger partial charge < -0.3 is 19.3 Å². The summed E-state index contributed by atoms with van der Waals surface area (Å²) in [6, 6.07) is 22.4. The summed E-state index contributed by atoms with van der Waals surface area (Å²) in [5.74, 6) is 1.27. The lowest BCUT2D eigenvalue weighted by atomic mass is 10.1. The Balaban J connectivity index is 1.63. The van der Waals surface area contributed by atoms with Gasteiger partial charge in [-0.1, -0.05) is 18.2 Å². The minimum Gasteiger partial charge on any atom is -0.497 e. The Morgan fingerprint density at radius 3 is 2.10 bits per heavy atom. The van der Waals surface area contributed by atoms with E-state index in [0.717, 1.165) is 28.3 Å². The third kappa shape index (κ3) is 6.86. The standard InChI is InChI=1S/C31H35N5O4/c1-22-8-6-7-9-27(22)30(38)35(19-18-34(2)3)21-29(37)33-31-32-28(23-10-14-25(39-4)15-11-23)20-36(31)24-12-16-26(40-5)17-13-24/h6-17,20H,18-19,21H2,1-5H3,(H,32,33,37). The second-order valence-corrected chi connectivity index (χ2v) is 9.64. The summed E-state index contributed by atoms with van der Waals surface area (Å²) in [6.45, 7) is 2.79. The lowest BCUT2D eigenvalue weighted by molar-refractivity contribution is -0.117. The van der Waals surface area contributed by atoms with Gasteiger partial charge in [-0.25, -0.2) is 4.98 Å². The summed E-state index contributed by atoms with van der Waals surface area (Å²) in [7, 11) is 7.10. The van der Waals surface area contributed by atoms with Crippen LogP contribution in [0.25, 0.3) is 16.9 Å². The fraction of sp³-hybridized carbons (Fsp3) is 0.258. The van der Waals surface area contributed by atoms with Crippen LogP contribution >= 0.6 is 0 Å². The van der Waals surface area contributed by atoms with Crippen LogP contribution in [0.1, 0.15) is 15.9 Å². The molecule has 1 N–H and O–H groups in total. The van der Waals surface area contributed by atoms with Crippen molar-refractivity contribution in [2.75, 3.05) is 53.3 Å². The van der Waals surface area contributed by atoms with Crippen molar-refractivity contribution < 1.29 is 19.1 Å². The van der Waals surface area contributed by atoms with E-state index in [0.29, 0.717) is 30.3 Å². The Kier molecular flexibility index (Phi) is 9.19. The molecule has 0 fully saturated rings. The number of rotatable bonds is 11. The molecular weight excluding hydrogens is 506 g/mol. The Morgan fingerprint density at radius 1 is 0.875 bits per heavy atom. The van der Waals surface area contributed by atoms with Crippen LogP contribution in [0.5, 0.6) is 11.5 Å². The number of likely N-dealkylation sites (N-methyl/N-ethyl adjacent to an activating group) is 1.